The molecule has 0 aliphatic carbocycles. The minimum Gasteiger partial charge on any atom is -0.354 e. The maximum Gasteiger partial charge on any atom is 0.269 e. The fraction of sp³-hybridized carbons (Fsp3) is 0.308. The first-order valence-corrected chi connectivity index (χ1v) is 13.0. The number of fused-ring (bicyclic) bond motifs is 1. The van der Waals surface area contributed by atoms with Crippen molar-refractivity contribution in [1.29, 1.82) is 0 Å². The second kappa shape index (κ2) is 9.19. The van der Waals surface area contributed by atoms with Crippen molar-refractivity contribution in [2.75, 3.05) is 25.0 Å². The molecule has 1 aliphatic heterocycles. The average molecular weight is 476 g/mol. The predicted octanol–water partition coefficient (Wildman–Crippen LogP) is 4.02. The Kier molecular flexibility index (Phi) is 6.10. The van der Waals surface area contributed by atoms with E-state index in [2.05, 4.69) is 58.0 Å². The lowest BCUT2D eigenvalue weighted by Gasteiger charge is -2.42. The molecule has 34 heavy (non-hydrogen) atoms. The Labute approximate surface area is 200 Å². The Morgan fingerprint density at radius 2 is 1.71 bits per heavy atom. The highest BCUT2D eigenvalue weighted by molar-refractivity contribution is 7.90. The molecular weight excluding hydrogens is 446 g/mol. The van der Waals surface area contributed by atoms with E-state index in [9.17, 15) is 8.42 Å². The summed E-state index contributed by atoms with van der Waals surface area (Å²) in [5.74, 6) is 1.24. The van der Waals surface area contributed by atoms with E-state index in [1.165, 1.54) is 15.9 Å². The molecule has 2 unspecified atom stereocenters. The van der Waals surface area contributed by atoms with Crippen LogP contribution in [0.1, 0.15) is 18.9 Å². The molecule has 4 aromatic rings. The summed E-state index contributed by atoms with van der Waals surface area (Å²) in [4.78, 5) is 13.8. The largest absolute Gasteiger partial charge is 0.354 e. The molecule has 1 saturated heterocycles. The lowest BCUT2D eigenvalue weighted by Crippen LogP contribution is -2.50. The van der Waals surface area contributed by atoms with E-state index in [-0.39, 0.29) is 10.9 Å². The Hall–Kier alpha value is -3.23. The zero-order chi connectivity index (χ0) is 23.7. The Morgan fingerprint density at radius 1 is 1.00 bits per heavy atom. The van der Waals surface area contributed by atoms with Crippen LogP contribution in [-0.2, 0) is 16.6 Å². The standard InChI is InChI=1S/C26H29N5O2S/c1-20-13-15-30(17-21-9-5-3-6-10-21)18-24(20)29(2)25-23-14-16-31(26(23)28-19-27-25)34(32,33)22-11-7-4-8-12-22/h3-12,14,16,19-20,24H,13,15,17-18H2,1-2H3. The molecule has 7 nitrogen and oxygen atoms in total. The second-order valence-corrected chi connectivity index (χ2v) is 10.8. The number of hydrogen-bond donors (Lipinski definition) is 0. The summed E-state index contributed by atoms with van der Waals surface area (Å²) in [6.07, 6.45) is 4.13. The summed E-state index contributed by atoms with van der Waals surface area (Å²) in [5, 5.41) is 0.733. The molecule has 0 N–H and O–H groups in total. The highest BCUT2D eigenvalue weighted by atomic mass is 32.2. The zero-order valence-corrected chi connectivity index (χ0v) is 20.3. The first-order chi connectivity index (χ1) is 16.4. The van der Waals surface area contributed by atoms with Crippen LogP contribution in [0.4, 0.5) is 5.82 Å². The highest BCUT2D eigenvalue weighted by Gasteiger charge is 2.31. The Morgan fingerprint density at radius 3 is 2.44 bits per heavy atom. The van der Waals surface area contributed by atoms with Crippen molar-refractivity contribution in [1.82, 2.24) is 18.8 Å². The van der Waals surface area contributed by atoms with Crippen molar-refractivity contribution in [3.05, 3.63) is 84.8 Å². The van der Waals surface area contributed by atoms with Gasteiger partial charge < -0.3 is 4.90 Å². The van der Waals surface area contributed by atoms with Gasteiger partial charge in [-0.1, -0.05) is 55.5 Å². The van der Waals surface area contributed by atoms with Gasteiger partial charge in [0, 0.05) is 32.4 Å². The molecule has 0 amide bonds. The van der Waals surface area contributed by atoms with Crippen LogP contribution in [0, 0.1) is 5.92 Å². The van der Waals surface area contributed by atoms with Crippen LogP contribution in [0.3, 0.4) is 0 Å². The fourth-order valence-electron chi connectivity index (χ4n) is 4.86. The van der Waals surface area contributed by atoms with E-state index in [4.69, 9.17) is 0 Å². The van der Waals surface area contributed by atoms with Crippen LogP contribution in [0.25, 0.3) is 11.0 Å². The van der Waals surface area contributed by atoms with Crippen molar-refractivity contribution in [3.8, 4) is 0 Å². The SMILES string of the molecule is CC1CCN(Cc2ccccc2)CC1N(C)c1ncnc2c1ccn2S(=O)(=O)c1ccccc1. The number of piperidine rings is 1. The molecule has 1 fully saturated rings. The van der Waals surface area contributed by atoms with Gasteiger partial charge in [-0.05, 0) is 42.6 Å². The van der Waals surface area contributed by atoms with E-state index >= 15 is 0 Å². The molecule has 2 atom stereocenters. The number of nitrogens with zero attached hydrogens (tertiary/aromatic N) is 5. The molecule has 0 spiro atoms. The number of likely N-dealkylation sites (N-methyl/N-ethyl adjacent to an activating group) is 1. The number of anilines is 1. The molecule has 5 rings (SSSR count). The summed E-state index contributed by atoms with van der Waals surface area (Å²) in [5.41, 5.74) is 1.70. The molecule has 0 radical (unpaired) electrons. The zero-order valence-electron chi connectivity index (χ0n) is 19.4. The van der Waals surface area contributed by atoms with Crippen molar-refractivity contribution < 1.29 is 8.42 Å². The van der Waals surface area contributed by atoms with Crippen LogP contribution < -0.4 is 4.90 Å². The summed E-state index contributed by atoms with van der Waals surface area (Å²) in [7, 11) is -1.69. The fourth-order valence-corrected chi connectivity index (χ4v) is 6.18. The van der Waals surface area contributed by atoms with Gasteiger partial charge in [0.25, 0.3) is 10.0 Å². The summed E-state index contributed by atoms with van der Waals surface area (Å²) >= 11 is 0. The smallest absolute Gasteiger partial charge is 0.269 e. The molecule has 2 aromatic heterocycles. The number of likely N-dealkylation sites (tertiary alicyclic amines) is 1. The maximum absolute atomic E-state index is 13.2. The van der Waals surface area contributed by atoms with Gasteiger partial charge in [-0.15, -0.1) is 0 Å². The van der Waals surface area contributed by atoms with Crippen LogP contribution >= 0.6 is 0 Å². The van der Waals surface area contributed by atoms with Crippen molar-refractivity contribution >= 4 is 26.9 Å². The van der Waals surface area contributed by atoms with Gasteiger partial charge in [0.2, 0.25) is 0 Å². The van der Waals surface area contributed by atoms with Crippen molar-refractivity contribution in [2.45, 2.75) is 30.8 Å². The highest BCUT2D eigenvalue weighted by Crippen LogP contribution is 2.31. The van der Waals surface area contributed by atoms with E-state index in [1.54, 1.807) is 42.6 Å². The average Bonchev–Trinajstić information content (AvgIpc) is 3.31. The third-order valence-electron chi connectivity index (χ3n) is 6.81. The number of benzene rings is 2. The van der Waals surface area contributed by atoms with E-state index in [0.29, 0.717) is 11.6 Å². The molecule has 176 valence electrons. The van der Waals surface area contributed by atoms with E-state index in [0.717, 1.165) is 37.3 Å². The third-order valence-corrected chi connectivity index (χ3v) is 8.49. The van der Waals surface area contributed by atoms with E-state index < -0.39 is 10.0 Å². The number of rotatable bonds is 6. The van der Waals surface area contributed by atoms with Crippen LogP contribution in [0.5, 0.6) is 0 Å². The molecule has 3 heterocycles. The first-order valence-electron chi connectivity index (χ1n) is 11.6. The Balaban J connectivity index is 1.45. The number of hydrogen-bond acceptors (Lipinski definition) is 6. The van der Waals surface area contributed by atoms with Crippen molar-refractivity contribution in [2.24, 2.45) is 5.92 Å². The topological polar surface area (TPSA) is 71.3 Å². The normalized spacial score (nSPS) is 19.4. The van der Waals surface area contributed by atoms with Gasteiger partial charge in [-0.25, -0.2) is 22.4 Å². The third kappa shape index (κ3) is 4.19. The maximum atomic E-state index is 13.2. The molecule has 2 aromatic carbocycles. The minimum absolute atomic E-state index is 0.235. The lowest BCUT2D eigenvalue weighted by atomic mass is 9.92. The first kappa shape index (κ1) is 22.6. The second-order valence-electron chi connectivity index (χ2n) is 9.03. The van der Waals surface area contributed by atoms with Gasteiger partial charge in [0.15, 0.2) is 5.65 Å². The van der Waals surface area contributed by atoms with Crippen LogP contribution in [0.2, 0.25) is 0 Å². The summed E-state index contributed by atoms with van der Waals surface area (Å²) in [6.45, 7) is 5.18. The molecule has 0 bridgehead atoms. The molecule has 8 heteroatoms. The molecular formula is C26H29N5O2S. The van der Waals surface area contributed by atoms with Crippen LogP contribution in [0.15, 0.2) is 84.1 Å². The van der Waals surface area contributed by atoms with Gasteiger partial charge in [-0.3, -0.25) is 4.90 Å². The van der Waals surface area contributed by atoms with Gasteiger partial charge >= 0.3 is 0 Å². The van der Waals surface area contributed by atoms with Gasteiger partial charge in [-0.2, -0.15) is 0 Å². The summed E-state index contributed by atoms with van der Waals surface area (Å²) in [6, 6.07) is 21.0. The minimum atomic E-state index is -3.74. The van der Waals surface area contributed by atoms with Gasteiger partial charge in [0.1, 0.15) is 12.1 Å². The quantitative estimate of drug-likeness (QED) is 0.420. The number of aromatic nitrogens is 3. The van der Waals surface area contributed by atoms with E-state index in [1.807, 2.05) is 6.07 Å². The van der Waals surface area contributed by atoms with Crippen molar-refractivity contribution in [3.63, 3.8) is 0 Å². The molecule has 1 aliphatic rings. The monoisotopic (exact) mass is 475 g/mol. The molecule has 0 saturated carbocycles. The summed E-state index contributed by atoms with van der Waals surface area (Å²) < 4.78 is 27.7. The van der Waals surface area contributed by atoms with Crippen LogP contribution in [-0.4, -0.2) is 53.4 Å². The Bertz CT molecular complexity index is 1370. The van der Waals surface area contributed by atoms with Gasteiger partial charge in [0.05, 0.1) is 10.3 Å². The lowest BCUT2D eigenvalue weighted by molar-refractivity contribution is 0.159. The predicted molar refractivity (Wildman–Crippen MR) is 134 cm³/mol.